The smallest absolute Gasteiger partial charge is 0.238 e. The van der Waals surface area contributed by atoms with E-state index in [1.807, 2.05) is 18.2 Å². The summed E-state index contributed by atoms with van der Waals surface area (Å²) >= 11 is 0. The molecule has 0 unspecified atom stereocenters. The second kappa shape index (κ2) is 14.0. The number of fused-ring (bicyclic) bond motifs is 10. The second-order valence-electron chi connectivity index (χ2n) is 16.0. The van der Waals surface area contributed by atoms with Crippen LogP contribution in [0.1, 0.15) is 0 Å². The van der Waals surface area contributed by atoms with Crippen LogP contribution in [0.25, 0.3) is 117 Å². The SMILES string of the molecule is c1ccc(-c2nc(-c3cccc4c3c3ccccc3n4-c3ccccc3)nc(-n3c4ccccc4c4c(-c5ccccc5)cc5c6ccccc6n(-c6ccccc6)c5c43)n2)cc1. The van der Waals surface area contributed by atoms with E-state index in [9.17, 15) is 0 Å². The standard InChI is InChI=1S/C57H36N6/c1-5-20-37(21-6-1)45-36-46-41-28-13-16-32-47(41)62(40-26-11-4-12-27-40)53(46)54-52(45)43-30-15-18-34-49(43)63(54)57-59-55(38-22-7-2-8-23-38)58-56(60-57)44-31-19-35-50-51(44)42-29-14-17-33-48(42)61(50)39-24-9-3-10-25-39/h1-36H. The molecule has 13 aromatic rings. The Balaban J connectivity index is 1.21. The molecule has 0 amide bonds. The Morgan fingerprint density at radius 2 is 0.778 bits per heavy atom. The normalized spacial score (nSPS) is 11.8. The molecule has 63 heavy (non-hydrogen) atoms. The van der Waals surface area contributed by atoms with Crippen LogP contribution in [0.4, 0.5) is 0 Å². The molecule has 0 spiro atoms. The van der Waals surface area contributed by atoms with Gasteiger partial charge in [-0.2, -0.15) is 9.97 Å². The van der Waals surface area contributed by atoms with Gasteiger partial charge in [-0.25, -0.2) is 4.98 Å². The topological polar surface area (TPSA) is 53.5 Å². The van der Waals surface area contributed by atoms with Crippen LogP contribution in [-0.4, -0.2) is 28.7 Å². The fourth-order valence-electron chi connectivity index (χ4n) is 9.86. The molecule has 4 heterocycles. The van der Waals surface area contributed by atoms with E-state index in [-0.39, 0.29) is 0 Å². The van der Waals surface area contributed by atoms with Crippen LogP contribution in [0, 0.1) is 0 Å². The van der Waals surface area contributed by atoms with E-state index < -0.39 is 0 Å². The minimum atomic E-state index is 0.547. The largest absolute Gasteiger partial charge is 0.309 e. The van der Waals surface area contributed by atoms with Crippen LogP contribution < -0.4 is 0 Å². The van der Waals surface area contributed by atoms with Gasteiger partial charge in [0.15, 0.2) is 11.6 Å². The molecule has 6 nitrogen and oxygen atoms in total. The average molecular weight is 805 g/mol. The van der Waals surface area contributed by atoms with Crippen LogP contribution in [0.2, 0.25) is 0 Å². The van der Waals surface area contributed by atoms with Gasteiger partial charge < -0.3 is 9.13 Å². The molecular weight excluding hydrogens is 769 g/mol. The Labute approximate surface area is 362 Å². The lowest BCUT2D eigenvalue weighted by atomic mass is 9.96. The maximum absolute atomic E-state index is 5.60. The Bertz CT molecular complexity index is 3880. The van der Waals surface area contributed by atoms with Crippen LogP contribution in [0.3, 0.4) is 0 Å². The Morgan fingerprint density at radius 1 is 0.286 bits per heavy atom. The predicted octanol–water partition coefficient (Wildman–Crippen LogP) is 14.2. The zero-order valence-electron chi connectivity index (χ0n) is 34.0. The van der Waals surface area contributed by atoms with Gasteiger partial charge in [-0.1, -0.05) is 164 Å². The highest BCUT2D eigenvalue weighted by molar-refractivity contribution is 6.28. The molecule has 0 atom stereocenters. The van der Waals surface area contributed by atoms with Crippen molar-refractivity contribution < 1.29 is 0 Å². The van der Waals surface area contributed by atoms with E-state index in [4.69, 9.17) is 15.0 Å². The van der Waals surface area contributed by atoms with Gasteiger partial charge in [0.1, 0.15) is 0 Å². The maximum atomic E-state index is 5.60. The van der Waals surface area contributed by atoms with Gasteiger partial charge in [0.25, 0.3) is 0 Å². The number of benzene rings is 9. The lowest BCUT2D eigenvalue weighted by Crippen LogP contribution is -2.07. The quantitative estimate of drug-likeness (QED) is 0.168. The van der Waals surface area contributed by atoms with E-state index in [1.165, 1.54) is 5.39 Å². The molecular formula is C57H36N6. The number of nitrogens with zero attached hydrogens (tertiary/aromatic N) is 6. The van der Waals surface area contributed by atoms with E-state index in [0.717, 1.165) is 93.7 Å². The van der Waals surface area contributed by atoms with Crippen molar-refractivity contribution in [3.05, 3.63) is 218 Å². The number of hydrogen-bond acceptors (Lipinski definition) is 3. The molecule has 0 saturated heterocycles. The van der Waals surface area contributed by atoms with Crippen LogP contribution >= 0.6 is 0 Å². The number of para-hydroxylation sites is 5. The third-order valence-electron chi connectivity index (χ3n) is 12.5. The first-order valence-corrected chi connectivity index (χ1v) is 21.3. The Kier molecular flexibility index (Phi) is 7.80. The summed E-state index contributed by atoms with van der Waals surface area (Å²) in [4.78, 5) is 16.4. The number of rotatable bonds is 6. The first-order chi connectivity index (χ1) is 31.3. The molecule has 0 aliphatic heterocycles. The molecule has 0 fully saturated rings. The van der Waals surface area contributed by atoms with Crippen molar-refractivity contribution in [3.8, 4) is 51.2 Å². The lowest BCUT2D eigenvalue weighted by Gasteiger charge is -2.15. The monoisotopic (exact) mass is 804 g/mol. The van der Waals surface area contributed by atoms with E-state index in [2.05, 4.69) is 214 Å². The third kappa shape index (κ3) is 5.35. The molecule has 0 N–H and O–H groups in total. The Hall–Kier alpha value is -8.61. The summed E-state index contributed by atoms with van der Waals surface area (Å²) in [6.07, 6.45) is 0. The van der Waals surface area contributed by atoms with Crippen molar-refractivity contribution in [3.63, 3.8) is 0 Å². The van der Waals surface area contributed by atoms with Crippen LogP contribution in [0.15, 0.2) is 218 Å². The zero-order valence-corrected chi connectivity index (χ0v) is 34.0. The first kappa shape index (κ1) is 35.2. The summed E-state index contributed by atoms with van der Waals surface area (Å²) in [5, 5.41) is 6.81. The molecule has 294 valence electrons. The minimum Gasteiger partial charge on any atom is -0.309 e. The van der Waals surface area contributed by atoms with Gasteiger partial charge in [-0.05, 0) is 65.7 Å². The van der Waals surface area contributed by atoms with E-state index >= 15 is 0 Å². The number of hydrogen-bond donors (Lipinski definition) is 0. The summed E-state index contributed by atoms with van der Waals surface area (Å²) < 4.78 is 7.05. The fraction of sp³-hybridized carbons (Fsp3) is 0. The van der Waals surface area contributed by atoms with E-state index in [0.29, 0.717) is 17.6 Å². The Morgan fingerprint density at radius 3 is 1.44 bits per heavy atom. The van der Waals surface area contributed by atoms with Gasteiger partial charge in [0.2, 0.25) is 5.95 Å². The van der Waals surface area contributed by atoms with Crippen molar-refractivity contribution >= 4 is 65.4 Å². The highest BCUT2D eigenvalue weighted by Crippen LogP contribution is 2.46. The van der Waals surface area contributed by atoms with Gasteiger partial charge in [0, 0.05) is 54.8 Å². The van der Waals surface area contributed by atoms with Crippen molar-refractivity contribution in [2.24, 2.45) is 0 Å². The lowest BCUT2D eigenvalue weighted by molar-refractivity contribution is 0.954. The van der Waals surface area contributed by atoms with Gasteiger partial charge >= 0.3 is 0 Å². The molecule has 0 bridgehead atoms. The highest BCUT2D eigenvalue weighted by atomic mass is 15.2. The molecule has 0 aliphatic carbocycles. The highest BCUT2D eigenvalue weighted by Gasteiger charge is 2.27. The summed E-state index contributed by atoms with van der Waals surface area (Å²) in [5.74, 6) is 1.75. The fourth-order valence-corrected chi connectivity index (χ4v) is 9.86. The summed E-state index contributed by atoms with van der Waals surface area (Å²) in [6, 6.07) is 77.2. The van der Waals surface area contributed by atoms with Gasteiger partial charge in [-0.3, -0.25) is 4.57 Å². The molecule has 0 saturated carbocycles. The summed E-state index contributed by atoms with van der Waals surface area (Å²) in [7, 11) is 0. The van der Waals surface area contributed by atoms with Crippen LogP contribution in [0.5, 0.6) is 0 Å². The van der Waals surface area contributed by atoms with Gasteiger partial charge in [0.05, 0.1) is 33.1 Å². The zero-order chi connectivity index (χ0) is 41.4. The molecule has 0 radical (unpaired) electrons. The maximum Gasteiger partial charge on any atom is 0.238 e. The van der Waals surface area contributed by atoms with Crippen molar-refractivity contribution in [2.45, 2.75) is 0 Å². The average Bonchev–Trinajstić information content (AvgIpc) is 4.01. The van der Waals surface area contributed by atoms with Crippen molar-refractivity contribution in [1.82, 2.24) is 28.7 Å². The third-order valence-corrected chi connectivity index (χ3v) is 12.5. The van der Waals surface area contributed by atoms with Crippen LogP contribution in [-0.2, 0) is 0 Å². The molecule has 6 heteroatoms. The summed E-state index contributed by atoms with van der Waals surface area (Å²) in [5.41, 5.74) is 12.8. The molecule has 13 rings (SSSR count). The molecule has 9 aromatic carbocycles. The second-order valence-corrected chi connectivity index (χ2v) is 16.0. The predicted molar refractivity (Wildman–Crippen MR) is 259 cm³/mol. The molecule has 4 aromatic heterocycles. The van der Waals surface area contributed by atoms with Crippen molar-refractivity contribution in [1.29, 1.82) is 0 Å². The van der Waals surface area contributed by atoms with Gasteiger partial charge in [-0.15, -0.1) is 0 Å². The number of aromatic nitrogens is 6. The molecule has 0 aliphatic rings. The van der Waals surface area contributed by atoms with E-state index in [1.54, 1.807) is 0 Å². The van der Waals surface area contributed by atoms with Crippen molar-refractivity contribution in [2.75, 3.05) is 0 Å². The minimum absolute atomic E-state index is 0.547. The summed E-state index contributed by atoms with van der Waals surface area (Å²) in [6.45, 7) is 0. The first-order valence-electron chi connectivity index (χ1n) is 21.3.